The molecule has 1 fully saturated rings. The molecule has 3 rings (SSSR count). The first-order valence-electron chi connectivity index (χ1n) is 6.50. The van der Waals surface area contributed by atoms with E-state index in [1.54, 1.807) is 25.1 Å². The van der Waals surface area contributed by atoms with E-state index in [-0.39, 0.29) is 6.42 Å². The van der Waals surface area contributed by atoms with Gasteiger partial charge in [0.2, 0.25) is 5.91 Å². The standard InChI is InChI=1S/C13H14ClNO5S/c1-13(8-12(16)15(13)21(14,17)18)9-3-4-10-11(7-9)20-6-2-5-19-10/h3-4,7H,2,5-6,8H2,1H3. The van der Waals surface area contributed by atoms with Crippen molar-refractivity contribution in [2.45, 2.75) is 25.3 Å². The van der Waals surface area contributed by atoms with E-state index in [9.17, 15) is 13.2 Å². The maximum atomic E-state index is 11.6. The van der Waals surface area contributed by atoms with Crippen LogP contribution in [-0.2, 0) is 19.6 Å². The second kappa shape index (κ2) is 4.78. The highest BCUT2D eigenvalue weighted by Gasteiger charge is 2.54. The summed E-state index contributed by atoms with van der Waals surface area (Å²) in [5, 5.41) is 0. The molecule has 1 aromatic carbocycles. The molecule has 2 heterocycles. The Morgan fingerprint density at radius 2 is 1.90 bits per heavy atom. The third-order valence-corrected chi connectivity index (χ3v) is 5.21. The topological polar surface area (TPSA) is 72.9 Å². The molecule has 1 amide bonds. The maximum absolute atomic E-state index is 11.6. The zero-order chi connectivity index (χ0) is 15.3. The van der Waals surface area contributed by atoms with Gasteiger partial charge >= 0.3 is 9.24 Å². The van der Waals surface area contributed by atoms with Gasteiger partial charge in [0.15, 0.2) is 11.5 Å². The molecule has 1 unspecified atom stereocenters. The fourth-order valence-electron chi connectivity index (χ4n) is 2.70. The molecule has 0 aromatic heterocycles. The third-order valence-electron chi connectivity index (χ3n) is 3.76. The molecule has 1 aromatic rings. The molecule has 21 heavy (non-hydrogen) atoms. The molecule has 0 aliphatic carbocycles. The highest BCUT2D eigenvalue weighted by molar-refractivity contribution is 8.12. The summed E-state index contributed by atoms with van der Waals surface area (Å²) in [6.45, 7) is 2.77. The number of amides is 1. The lowest BCUT2D eigenvalue weighted by molar-refractivity contribution is -0.144. The largest absolute Gasteiger partial charge is 0.490 e. The van der Waals surface area contributed by atoms with E-state index in [2.05, 4.69) is 0 Å². The first-order valence-corrected chi connectivity index (χ1v) is 8.77. The Morgan fingerprint density at radius 3 is 2.52 bits per heavy atom. The van der Waals surface area contributed by atoms with Crippen molar-refractivity contribution in [1.29, 1.82) is 0 Å². The Labute approximate surface area is 127 Å². The molecule has 1 saturated heterocycles. The summed E-state index contributed by atoms with van der Waals surface area (Å²) in [7, 11) is 1.24. The lowest BCUT2D eigenvalue weighted by Crippen LogP contribution is -2.60. The SMILES string of the molecule is CC1(c2ccc3c(c2)OCCCO3)CC(=O)N1S(=O)(=O)Cl. The zero-order valence-electron chi connectivity index (χ0n) is 11.3. The van der Waals surface area contributed by atoms with Crippen molar-refractivity contribution in [3.05, 3.63) is 23.8 Å². The van der Waals surface area contributed by atoms with E-state index in [0.29, 0.717) is 34.6 Å². The summed E-state index contributed by atoms with van der Waals surface area (Å²) in [6.07, 6.45) is 0.862. The fraction of sp³-hybridized carbons (Fsp3) is 0.462. The Morgan fingerprint density at radius 1 is 1.24 bits per heavy atom. The van der Waals surface area contributed by atoms with E-state index < -0.39 is 20.7 Å². The van der Waals surface area contributed by atoms with Crippen molar-refractivity contribution in [3.63, 3.8) is 0 Å². The number of nitrogens with zero attached hydrogens (tertiary/aromatic N) is 1. The van der Waals surface area contributed by atoms with Crippen LogP contribution in [0, 0.1) is 0 Å². The van der Waals surface area contributed by atoms with Gasteiger partial charge in [-0.1, -0.05) is 6.07 Å². The highest BCUT2D eigenvalue weighted by Crippen LogP contribution is 2.46. The number of fused-ring (bicyclic) bond motifs is 1. The minimum atomic E-state index is -4.12. The van der Waals surface area contributed by atoms with Gasteiger partial charge < -0.3 is 9.47 Å². The average molecular weight is 332 g/mol. The number of rotatable bonds is 2. The Hall–Kier alpha value is -1.47. The Kier molecular flexibility index (Phi) is 3.29. The molecule has 0 N–H and O–H groups in total. The van der Waals surface area contributed by atoms with Crippen LogP contribution in [-0.4, -0.2) is 31.8 Å². The van der Waals surface area contributed by atoms with E-state index in [1.165, 1.54) is 0 Å². The number of hydrogen-bond donors (Lipinski definition) is 0. The molecule has 0 radical (unpaired) electrons. The van der Waals surface area contributed by atoms with Gasteiger partial charge in [-0.15, -0.1) is 0 Å². The quantitative estimate of drug-likeness (QED) is 0.610. The van der Waals surface area contributed by atoms with Crippen LogP contribution in [0.3, 0.4) is 0 Å². The van der Waals surface area contributed by atoms with E-state index in [4.69, 9.17) is 20.2 Å². The number of carbonyl (C=O) groups excluding carboxylic acids is 1. The van der Waals surface area contributed by atoms with Crippen LogP contribution in [0.1, 0.15) is 25.3 Å². The molecular formula is C13H14ClNO5S. The van der Waals surface area contributed by atoms with Gasteiger partial charge in [0.05, 0.1) is 25.2 Å². The third kappa shape index (κ3) is 2.34. The Balaban J connectivity index is 2.01. The predicted octanol–water partition coefficient (Wildman–Crippen LogP) is 1.78. The van der Waals surface area contributed by atoms with Crippen molar-refractivity contribution in [3.8, 4) is 11.5 Å². The monoisotopic (exact) mass is 331 g/mol. The van der Waals surface area contributed by atoms with Crippen molar-refractivity contribution in [2.75, 3.05) is 13.2 Å². The van der Waals surface area contributed by atoms with Gasteiger partial charge in [-0.05, 0) is 24.6 Å². The van der Waals surface area contributed by atoms with Crippen LogP contribution in [0.4, 0.5) is 0 Å². The molecule has 8 heteroatoms. The molecule has 0 bridgehead atoms. The van der Waals surface area contributed by atoms with Gasteiger partial charge in [0.1, 0.15) is 0 Å². The van der Waals surface area contributed by atoms with Crippen molar-refractivity contribution >= 4 is 25.8 Å². The average Bonchev–Trinajstić information content (AvgIpc) is 2.59. The number of carbonyl (C=O) groups is 1. The lowest BCUT2D eigenvalue weighted by atomic mass is 9.82. The number of benzene rings is 1. The van der Waals surface area contributed by atoms with Crippen molar-refractivity contribution in [2.24, 2.45) is 0 Å². The Bertz CT molecular complexity index is 705. The number of hydrogen-bond acceptors (Lipinski definition) is 5. The minimum Gasteiger partial charge on any atom is -0.490 e. The molecule has 2 aliphatic rings. The fourth-order valence-corrected chi connectivity index (χ4v) is 4.35. The van der Waals surface area contributed by atoms with Gasteiger partial charge in [-0.2, -0.15) is 8.42 Å². The summed E-state index contributed by atoms with van der Waals surface area (Å²) < 4.78 is 35.0. The number of halogens is 1. The molecule has 114 valence electrons. The smallest absolute Gasteiger partial charge is 0.324 e. The second-order valence-electron chi connectivity index (χ2n) is 5.26. The van der Waals surface area contributed by atoms with Gasteiger partial charge in [-0.3, -0.25) is 4.79 Å². The van der Waals surface area contributed by atoms with E-state index in [0.717, 1.165) is 6.42 Å². The first-order chi connectivity index (χ1) is 9.82. The maximum Gasteiger partial charge on any atom is 0.324 e. The van der Waals surface area contributed by atoms with E-state index >= 15 is 0 Å². The number of β-lactam (4-membered cyclic amide) rings is 1. The van der Waals surface area contributed by atoms with Gasteiger partial charge in [0, 0.05) is 17.1 Å². The van der Waals surface area contributed by atoms with Crippen molar-refractivity contribution < 1.29 is 22.7 Å². The first kappa shape index (κ1) is 14.5. The zero-order valence-corrected chi connectivity index (χ0v) is 12.9. The normalized spacial score (nSPS) is 25.2. The summed E-state index contributed by atoms with van der Waals surface area (Å²) in [5.41, 5.74) is -0.335. The molecule has 0 spiro atoms. The van der Waals surface area contributed by atoms with Crippen LogP contribution < -0.4 is 9.47 Å². The summed E-state index contributed by atoms with van der Waals surface area (Å²) in [5.74, 6) is 0.655. The van der Waals surface area contributed by atoms with Crippen molar-refractivity contribution in [1.82, 2.24) is 4.31 Å². The van der Waals surface area contributed by atoms with Gasteiger partial charge in [0.25, 0.3) is 0 Å². The van der Waals surface area contributed by atoms with E-state index in [1.807, 2.05) is 0 Å². The summed E-state index contributed by atoms with van der Waals surface area (Å²) in [4.78, 5) is 11.6. The van der Waals surface area contributed by atoms with Gasteiger partial charge in [-0.25, -0.2) is 4.31 Å². The highest BCUT2D eigenvalue weighted by atomic mass is 35.7. The molecule has 0 saturated carbocycles. The van der Waals surface area contributed by atoms with Crippen LogP contribution in [0.2, 0.25) is 0 Å². The predicted molar refractivity (Wildman–Crippen MR) is 75.6 cm³/mol. The lowest BCUT2D eigenvalue weighted by Gasteiger charge is -2.47. The summed E-state index contributed by atoms with van der Waals surface area (Å²) in [6, 6.07) is 5.17. The van der Waals surface area contributed by atoms with Crippen LogP contribution in [0.25, 0.3) is 0 Å². The number of ether oxygens (including phenoxy) is 2. The minimum absolute atomic E-state index is 0.0819. The molecular weight excluding hydrogens is 318 g/mol. The molecule has 2 aliphatic heterocycles. The summed E-state index contributed by atoms with van der Waals surface area (Å²) >= 11 is 0. The van der Waals surface area contributed by atoms with Crippen LogP contribution in [0.15, 0.2) is 18.2 Å². The molecule has 1 atom stereocenters. The molecule has 6 nitrogen and oxygen atoms in total. The van der Waals surface area contributed by atoms with Crippen LogP contribution >= 0.6 is 10.7 Å². The second-order valence-corrected chi connectivity index (χ2v) is 7.62. The van der Waals surface area contributed by atoms with Crippen LogP contribution in [0.5, 0.6) is 11.5 Å².